The Morgan fingerprint density at radius 2 is 2.37 bits per heavy atom. The topological polar surface area (TPSA) is 70.8 Å². The fourth-order valence-corrected chi connectivity index (χ4v) is 2.38. The summed E-state index contributed by atoms with van der Waals surface area (Å²) in [5.74, 6) is 1.05. The first-order chi connectivity index (χ1) is 9.20. The van der Waals surface area contributed by atoms with Crippen LogP contribution in [-0.4, -0.2) is 48.8 Å². The number of hydrogen-bond donors (Lipinski definition) is 3. The number of nitrogens with one attached hydrogen (secondary N) is 1. The molecular weight excluding hydrogens is 242 g/mol. The quantitative estimate of drug-likeness (QED) is 0.740. The number of benzene rings is 1. The Labute approximate surface area is 114 Å². The van der Waals surface area contributed by atoms with Crippen LogP contribution in [0, 0.1) is 0 Å². The summed E-state index contributed by atoms with van der Waals surface area (Å²) in [5, 5.41) is 13.3. The van der Waals surface area contributed by atoms with E-state index in [0.717, 1.165) is 37.5 Å². The van der Waals surface area contributed by atoms with Crippen LogP contribution in [0.4, 0.5) is 0 Å². The second-order valence-electron chi connectivity index (χ2n) is 4.89. The van der Waals surface area contributed by atoms with E-state index in [4.69, 9.17) is 10.5 Å². The Hall–Kier alpha value is -1.30. The van der Waals surface area contributed by atoms with Crippen LogP contribution < -0.4 is 15.8 Å². The molecule has 1 fully saturated rings. The average Bonchev–Trinajstić information content (AvgIpc) is 2.58. The summed E-state index contributed by atoms with van der Waals surface area (Å²) < 4.78 is 5.58. The zero-order valence-electron chi connectivity index (χ0n) is 11.4. The van der Waals surface area contributed by atoms with Crippen LogP contribution in [0.25, 0.3) is 0 Å². The second kappa shape index (κ2) is 6.75. The highest BCUT2D eigenvalue weighted by Crippen LogP contribution is 2.29. The molecule has 1 aliphatic rings. The molecule has 2 rings (SSSR count). The van der Waals surface area contributed by atoms with E-state index >= 15 is 0 Å². The molecule has 5 nitrogen and oxygen atoms in total. The van der Waals surface area contributed by atoms with Gasteiger partial charge in [0.15, 0.2) is 0 Å². The van der Waals surface area contributed by atoms with Crippen molar-refractivity contribution in [3.05, 3.63) is 23.8 Å². The largest absolute Gasteiger partial charge is 0.507 e. The predicted molar refractivity (Wildman–Crippen MR) is 75.4 cm³/mol. The van der Waals surface area contributed by atoms with Gasteiger partial charge in [0.05, 0.1) is 6.61 Å². The van der Waals surface area contributed by atoms with E-state index in [-0.39, 0.29) is 11.8 Å². The van der Waals surface area contributed by atoms with Crippen molar-refractivity contribution in [3.8, 4) is 11.5 Å². The second-order valence-corrected chi connectivity index (χ2v) is 4.89. The van der Waals surface area contributed by atoms with E-state index in [1.165, 1.54) is 0 Å². The number of phenolic OH excluding ortho intramolecular Hbond substituents is 1. The van der Waals surface area contributed by atoms with Crippen molar-refractivity contribution in [1.82, 2.24) is 10.2 Å². The molecule has 0 spiro atoms. The normalized spacial score (nSPS) is 21.1. The van der Waals surface area contributed by atoms with Crippen LogP contribution in [0.15, 0.2) is 18.2 Å². The molecule has 5 heteroatoms. The van der Waals surface area contributed by atoms with Crippen molar-refractivity contribution in [3.63, 3.8) is 0 Å². The molecule has 0 radical (unpaired) electrons. The Balaban J connectivity index is 2.12. The molecule has 0 aromatic heterocycles. The van der Waals surface area contributed by atoms with Crippen LogP contribution in [0.5, 0.6) is 11.5 Å². The van der Waals surface area contributed by atoms with Crippen molar-refractivity contribution in [2.45, 2.75) is 19.5 Å². The van der Waals surface area contributed by atoms with Gasteiger partial charge in [-0.3, -0.25) is 4.90 Å². The third-order valence-electron chi connectivity index (χ3n) is 3.29. The molecular formula is C14H23N3O2. The van der Waals surface area contributed by atoms with Crippen LogP contribution in [-0.2, 0) is 6.54 Å². The van der Waals surface area contributed by atoms with Gasteiger partial charge in [0.1, 0.15) is 11.5 Å². The third kappa shape index (κ3) is 3.83. The van der Waals surface area contributed by atoms with Gasteiger partial charge in [-0.25, -0.2) is 0 Å². The van der Waals surface area contributed by atoms with Crippen molar-refractivity contribution in [2.75, 3.05) is 32.8 Å². The number of phenols is 1. The zero-order chi connectivity index (χ0) is 13.7. The molecule has 19 heavy (non-hydrogen) atoms. The van der Waals surface area contributed by atoms with Crippen LogP contribution >= 0.6 is 0 Å². The molecule has 1 atom stereocenters. The lowest BCUT2D eigenvalue weighted by molar-refractivity contribution is 0.259. The van der Waals surface area contributed by atoms with E-state index in [9.17, 15) is 5.11 Å². The molecule has 1 aromatic rings. The summed E-state index contributed by atoms with van der Waals surface area (Å²) in [6.45, 7) is 6.72. The summed E-state index contributed by atoms with van der Waals surface area (Å²) in [7, 11) is 0. The van der Waals surface area contributed by atoms with E-state index in [2.05, 4.69) is 10.2 Å². The fraction of sp³-hybridized carbons (Fsp3) is 0.571. The maximum absolute atomic E-state index is 10.0. The van der Waals surface area contributed by atoms with Gasteiger partial charge in [0.2, 0.25) is 0 Å². The Bertz CT molecular complexity index is 412. The monoisotopic (exact) mass is 265 g/mol. The lowest BCUT2D eigenvalue weighted by Crippen LogP contribution is -2.38. The molecule has 0 bridgehead atoms. The minimum Gasteiger partial charge on any atom is -0.507 e. The van der Waals surface area contributed by atoms with Crippen LogP contribution in [0.2, 0.25) is 0 Å². The predicted octanol–water partition coefficient (Wildman–Crippen LogP) is 0.523. The van der Waals surface area contributed by atoms with Gasteiger partial charge in [0.25, 0.3) is 0 Å². The summed E-state index contributed by atoms with van der Waals surface area (Å²) in [4.78, 5) is 2.25. The lowest BCUT2D eigenvalue weighted by atomic mass is 10.1. The number of ether oxygens (including phenoxy) is 1. The van der Waals surface area contributed by atoms with Gasteiger partial charge < -0.3 is 20.9 Å². The highest BCUT2D eigenvalue weighted by molar-refractivity contribution is 5.43. The molecule has 106 valence electrons. The molecule has 0 amide bonds. The maximum atomic E-state index is 10.0. The summed E-state index contributed by atoms with van der Waals surface area (Å²) in [5.41, 5.74) is 6.86. The standard InChI is InChI=1S/C14H23N3O2/c1-2-19-14-5-3-4-13(18)12(14)10-17-7-6-16-8-11(15)9-17/h3-5,11,16,18H,2,6-10,15H2,1H3. The van der Waals surface area contributed by atoms with Gasteiger partial charge >= 0.3 is 0 Å². The van der Waals surface area contributed by atoms with E-state index < -0.39 is 0 Å². The minimum absolute atomic E-state index is 0.129. The van der Waals surface area contributed by atoms with Gasteiger partial charge in [0, 0.05) is 44.3 Å². The van der Waals surface area contributed by atoms with Crippen LogP contribution in [0.1, 0.15) is 12.5 Å². The molecule has 1 aromatic carbocycles. The SMILES string of the molecule is CCOc1cccc(O)c1CN1CCNCC(N)C1. The average molecular weight is 265 g/mol. The van der Waals surface area contributed by atoms with Gasteiger partial charge in [-0.2, -0.15) is 0 Å². The van der Waals surface area contributed by atoms with E-state index in [1.807, 2.05) is 13.0 Å². The first-order valence-electron chi connectivity index (χ1n) is 6.83. The number of rotatable bonds is 4. The molecule has 0 aliphatic carbocycles. The number of nitrogens with two attached hydrogens (primary N) is 1. The van der Waals surface area contributed by atoms with Gasteiger partial charge in [-0.15, -0.1) is 0 Å². The van der Waals surface area contributed by atoms with Gasteiger partial charge in [-0.1, -0.05) is 6.07 Å². The Morgan fingerprint density at radius 1 is 1.53 bits per heavy atom. The smallest absolute Gasteiger partial charge is 0.127 e. The van der Waals surface area contributed by atoms with Gasteiger partial charge in [-0.05, 0) is 19.1 Å². The molecule has 1 unspecified atom stereocenters. The molecule has 1 aliphatic heterocycles. The van der Waals surface area contributed by atoms with Crippen molar-refractivity contribution in [2.24, 2.45) is 5.73 Å². The lowest BCUT2D eigenvalue weighted by Gasteiger charge is -2.23. The Kier molecular flexibility index (Phi) is 5.01. The minimum atomic E-state index is 0.129. The fourth-order valence-electron chi connectivity index (χ4n) is 2.38. The molecule has 1 saturated heterocycles. The summed E-state index contributed by atoms with van der Waals surface area (Å²) in [6, 6.07) is 5.53. The summed E-state index contributed by atoms with van der Waals surface area (Å²) >= 11 is 0. The zero-order valence-corrected chi connectivity index (χ0v) is 11.4. The Morgan fingerprint density at radius 3 is 3.16 bits per heavy atom. The van der Waals surface area contributed by atoms with Crippen molar-refractivity contribution >= 4 is 0 Å². The highest BCUT2D eigenvalue weighted by atomic mass is 16.5. The third-order valence-corrected chi connectivity index (χ3v) is 3.29. The van der Waals surface area contributed by atoms with Crippen molar-refractivity contribution in [1.29, 1.82) is 0 Å². The maximum Gasteiger partial charge on any atom is 0.127 e. The number of nitrogens with zero attached hydrogens (tertiary/aromatic N) is 1. The number of aromatic hydroxyl groups is 1. The van der Waals surface area contributed by atoms with E-state index in [1.54, 1.807) is 12.1 Å². The first kappa shape index (κ1) is 14.1. The highest BCUT2D eigenvalue weighted by Gasteiger charge is 2.18. The number of hydrogen-bond acceptors (Lipinski definition) is 5. The molecule has 4 N–H and O–H groups in total. The molecule has 1 heterocycles. The first-order valence-corrected chi connectivity index (χ1v) is 6.83. The van der Waals surface area contributed by atoms with Crippen molar-refractivity contribution < 1.29 is 9.84 Å². The molecule has 0 saturated carbocycles. The van der Waals surface area contributed by atoms with Crippen LogP contribution in [0.3, 0.4) is 0 Å². The van der Waals surface area contributed by atoms with E-state index in [0.29, 0.717) is 13.2 Å². The summed E-state index contributed by atoms with van der Waals surface area (Å²) in [6.07, 6.45) is 0.